The van der Waals surface area contributed by atoms with Crippen LogP contribution in [0.25, 0.3) is 0 Å². The number of halogens is 1. The van der Waals surface area contributed by atoms with Crippen molar-refractivity contribution in [3.8, 4) is 5.75 Å². The zero-order valence-corrected chi connectivity index (χ0v) is 9.45. The molecule has 0 fully saturated rings. The number of ether oxygens (including phenoxy) is 2. The summed E-state index contributed by atoms with van der Waals surface area (Å²) in [5.74, 6) is 0.792. The van der Waals surface area contributed by atoms with Crippen LogP contribution in [0.3, 0.4) is 0 Å². The fourth-order valence-corrected chi connectivity index (χ4v) is 1.07. The molecule has 0 N–H and O–H groups in total. The Bertz CT molecular complexity index is 321. The molecular weight excluding hydrogens is 216 g/mol. The van der Waals surface area contributed by atoms with Crippen molar-refractivity contribution in [3.05, 3.63) is 29.8 Å². The molecular formula is C11H13ClO3. The smallest absolute Gasteiger partial charge is 0.250 e. The molecule has 0 aliphatic carbocycles. The molecule has 0 aromatic heterocycles. The van der Waals surface area contributed by atoms with Crippen LogP contribution in [0.15, 0.2) is 24.3 Å². The van der Waals surface area contributed by atoms with Gasteiger partial charge in [-0.05, 0) is 36.2 Å². The summed E-state index contributed by atoms with van der Waals surface area (Å²) in [4.78, 5) is 10.7. The number of hydrogen-bond donors (Lipinski definition) is 0. The van der Waals surface area contributed by atoms with Crippen molar-refractivity contribution in [2.75, 3.05) is 7.11 Å². The van der Waals surface area contributed by atoms with Crippen LogP contribution in [0.5, 0.6) is 5.75 Å². The van der Waals surface area contributed by atoms with E-state index in [1.807, 2.05) is 24.3 Å². The van der Waals surface area contributed by atoms with E-state index in [-0.39, 0.29) is 0 Å². The fourth-order valence-electron chi connectivity index (χ4n) is 1.01. The Kier molecular flexibility index (Phi) is 4.59. The van der Waals surface area contributed by atoms with Gasteiger partial charge in [0, 0.05) is 0 Å². The Morgan fingerprint density at radius 3 is 2.47 bits per heavy atom. The number of rotatable bonds is 5. The predicted octanol–water partition coefficient (Wildman–Crippen LogP) is 2.37. The van der Waals surface area contributed by atoms with Crippen molar-refractivity contribution in [2.24, 2.45) is 0 Å². The average molecular weight is 229 g/mol. The highest BCUT2D eigenvalue weighted by atomic mass is 35.5. The van der Waals surface area contributed by atoms with Gasteiger partial charge >= 0.3 is 0 Å². The van der Waals surface area contributed by atoms with Gasteiger partial charge in [0.25, 0.3) is 0 Å². The van der Waals surface area contributed by atoms with Crippen molar-refractivity contribution in [1.29, 1.82) is 0 Å². The lowest BCUT2D eigenvalue weighted by Crippen LogP contribution is -2.15. The van der Waals surface area contributed by atoms with E-state index in [0.717, 1.165) is 11.3 Å². The van der Waals surface area contributed by atoms with Crippen LogP contribution in [0.2, 0.25) is 0 Å². The molecule has 1 rings (SSSR count). The molecule has 3 nitrogen and oxygen atoms in total. The van der Waals surface area contributed by atoms with Crippen LogP contribution in [0.4, 0.5) is 0 Å². The molecule has 1 aromatic rings. The maximum atomic E-state index is 10.7. The first kappa shape index (κ1) is 12.0. The van der Waals surface area contributed by atoms with Gasteiger partial charge < -0.3 is 9.47 Å². The van der Waals surface area contributed by atoms with E-state index in [1.54, 1.807) is 14.0 Å². The standard InChI is InChI=1S/C11H13ClO3/c1-8(11(12)13)15-7-9-3-5-10(14-2)6-4-9/h3-6,8H,7H2,1-2H3. The Hall–Kier alpha value is -1.06. The first-order valence-electron chi connectivity index (χ1n) is 4.57. The summed E-state index contributed by atoms with van der Waals surface area (Å²) >= 11 is 5.26. The molecule has 0 radical (unpaired) electrons. The molecule has 1 aromatic carbocycles. The van der Waals surface area contributed by atoms with Gasteiger partial charge in [-0.2, -0.15) is 0 Å². The van der Waals surface area contributed by atoms with Crippen molar-refractivity contribution < 1.29 is 14.3 Å². The molecule has 0 saturated heterocycles. The summed E-state index contributed by atoms with van der Waals surface area (Å²) in [5.41, 5.74) is 0.973. The third kappa shape index (κ3) is 3.90. The van der Waals surface area contributed by atoms with Crippen LogP contribution >= 0.6 is 11.6 Å². The Morgan fingerprint density at radius 2 is 2.00 bits per heavy atom. The van der Waals surface area contributed by atoms with Gasteiger partial charge in [0.15, 0.2) is 0 Å². The van der Waals surface area contributed by atoms with Crippen LogP contribution in [-0.2, 0) is 16.1 Å². The molecule has 0 spiro atoms. The summed E-state index contributed by atoms with van der Waals surface area (Å²) in [6.45, 7) is 1.99. The molecule has 0 saturated carbocycles. The zero-order valence-electron chi connectivity index (χ0n) is 8.70. The molecule has 0 aliphatic heterocycles. The average Bonchev–Trinajstić information content (AvgIpc) is 2.26. The van der Waals surface area contributed by atoms with Crippen molar-refractivity contribution in [1.82, 2.24) is 0 Å². The lowest BCUT2D eigenvalue weighted by Gasteiger charge is -2.08. The minimum atomic E-state index is -0.575. The Morgan fingerprint density at radius 1 is 1.40 bits per heavy atom. The lowest BCUT2D eigenvalue weighted by molar-refractivity contribution is -0.122. The highest BCUT2D eigenvalue weighted by Crippen LogP contribution is 2.12. The monoisotopic (exact) mass is 228 g/mol. The quantitative estimate of drug-likeness (QED) is 0.726. The van der Waals surface area contributed by atoms with Gasteiger partial charge in [-0.1, -0.05) is 12.1 Å². The van der Waals surface area contributed by atoms with E-state index in [0.29, 0.717) is 6.61 Å². The third-order valence-corrected chi connectivity index (χ3v) is 2.29. The fraction of sp³-hybridized carbons (Fsp3) is 0.364. The Balaban J connectivity index is 2.47. The summed E-state index contributed by atoms with van der Waals surface area (Å²) < 4.78 is 10.3. The van der Waals surface area contributed by atoms with Gasteiger partial charge in [-0.3, -0.25) is 4.79 Å². The van der Waals surface area contributed by atoms with Crippen molar-refractivity contribution in [2.45, 2.75) is 19.6 Å². The molecule has 82 valence electrons. The highest BCUT2D eigenvalue weighted by molar-refractivity contribution is 6.64. The second-order valence-corrected chi connectivity index (χ2v) is 3.48. The van der Waals surface area contributed by atoms with Crippen molar-refractivity contribution in [3.63, 3.8) is 0 Å². The van der Waals surface area contributed by atoms with E-state index in [9.17, 15) is 4.79 Å². The molecule has 1 unspecified atom stereocenters. The van der Waals surface area contributed by atoms with Gasteiger partial charge in [0.05, 0.1) is 13.7 Å². The van der Waals surface area contributed by atoms with Crippen LogP contribution in [0, 0.1) is 0 Å². The van der Waals surface area contributed by atoms with E-state index in [1.165, 1.54) is 0 Å². The van der Waals surface area contributed by atoms with Gasteiger partial charge in [0.2, 0.25) is 5.24 Å². The lowest BCUT2D eigenvalue weighted by atomic mass is 10.2. The summed E-state index contributed by atoms with van der Waals surface area (Å²) in [5, 5.41) is -0.483. The van der Waals surface area contributed by atoms with Crippen LogP contribution in [-0.4, -0.2) is 18.5 Å². The molecule has 0 aliphatic rings. The normalized spacial score (nSPS) is 12.2. The molecule has 0 bridgehead atoms. The van der Waals surface area contributed by atoms with Gasteiger partial charge in [-0.15, -0.1) is 0 Å². The number of methoxy groups -OCH3 is 1. The van der Waals surface area contributed by atoms with E-state index < -0.39 is 11.3 Å². The maximum Gasteiger partial charge on any atom is 0.250 e. The van der Waals surface area contributed by atoms with Gasteiger partial charge in [0.1, 0.15) is 11.9 Å². The number of carbonyl (C=O) groups excluding carboxylic acids is 1. The molecule has 15 heavy (non-hydrogen) atoms. The third-order valence-electron chi connectivity index (χ3n) is 1.98. The van der Waals surface area contributed by atoms with Gasteiger partial charge in [-0.25, -0.2) is 0 Å². The maximum absolute atomic E-state index is 10.7. The molecule has 4 heteroatoms. The van der Waals surface area contributed by atoms with E-state index in [4.69, 9.17) is 21.1 Å². The van der Waals surface area contributed by atoms with Crippen LogP contribution in [0.1, 0.15) is 12.5 Å². The number of hydrogen-bond acceptors (Lipinski definition) is 3. The minimum Gasteiger partial charge on any atom is -0.497 e. The van der Waals surface area contributed by atoms with Crippen LogP contribution < -0.4 is 4.74 Å². The minimum absolute atomic E-state index is 0.365. The molecule has 0 amide bonds. The molecule has 0 heterocycles. The van der Waals surface area contributed by atoms with Crippen molar-refractivity contribution >= 4 is 16.8 Å². The highest BCUT2D eigenvalue weighted by Gasteiger charge is 2.09. The summed E-state index contributed by atoms with van der Waals surface area (Å²) in [6, 6.07) is 7.44. The van der Waals surface area contributed by atoms with E-state index in [2.05, 4.69) is 0 Å². The summed E-state index contributed by atoms with van der Waals surface area (Å²) in [7, 11) is 1.61. The number of carbonyl (C=O) groups is 1. The van der Waals surface area contributed by atoms with E-state index >= 15 is 0 Å². The molecule has 1 atom stereocenters. The zero-order chi connectivity index (χ0) is 11.3. The second-order valence-electron chi connectivity index (χ2n) is 3.11. The summed E-state index contributed by atoms with van der Waals surface area (Å²) in [6.07, 6.45) is -0.575. The topological polar surface area (TPSA) is 35.5 Å². The SMILES string of the molecule is COc1ccc(COC(C)C(=O)Cl)cc1. The second kappa shape index (κ2) is 5.73. The predicted molar refractivity (Wildman–Crippen MR) is 58.1 cm³/mol. The first-order valence-corrected chi connectivity index (χ1v) is 4.95. The first-order chi connectivity index (χ1) is 7.13. The number of benzene rings is 1. The Labute approximate surface area is 93.9 Å². The largest absolute Gasteiger partial charge is 0.497 e.